The summed E-state index contributed by atoms with van der Waals surface area (Å²) in [5, 5.41) is 10.7. The number of rotatable bonds is 3. The number of aliphatic hydroxyl groups is 1. The van der Waals surface area contributed by atoms with Crippen LogP contribution in [-0.4, -0.2) is 16.7 Å². The van der Waals surface area contributed by atoms with Gasteiger partial charge in [-0.3, -0.25) is 4.98 Å². The molecule has 0 aliphatic carbocycles. The molecule has 17 heavy (non-hydrogen) atoms. The van der Waals surface area contributed by atoms with Crippen molar-refractivity contribution in [2.75, 3.05) is 6.61 Å². The van der Waals surface area contributed by atoms with Crippen molar-refractivity contribution in [3.63, 3.8) is 0 Å². The van der Waals surface area contributed by atoms with Crippen LogP contribution in [0.15, 0.2) is 30.2 Å². The molecule has 1 N–H and O–H groups in total. The van der Waals surface area contributed by atoms with Crippen LogP contribution in [0.25, 0.3) is 0 Å². The van der Waals surface area contributed by atoms with E-state index in [4.69, 9.17) is 4.74 Å². The van der Waals surface area contributed by atoms with Gasteiger partial charge in [0, 0.05) is 5.57 Å². The molecule has 0 spiro atoms. The minimum atomic E-state index is -1.14. The summed E-state index contributed by atoms with van der Waals surface area (Å²) in [5.74, 6) is -0.402. The lowest BCUT2D eigenvalue weighted by Gasteiger charge is -2.31. The number of hydrogen-bond acceptors (Lipinski definition) is 3. The van der Waals surface area contributed by atoms with Crippen LogP contribution >= 0.6 is 0 Å². The summed E-state index contributed by atoms with van der Waals surface area (Å²) in [4.78, 5) is 3.98. The molecule has 0 aromatic carbocycles. The number of halogens is 1. The van der Waals surface area contributed by atoms with Gasteiger partial charge in [-0.05, 0) is 31.4 Å². The highest BCUT2D eigenvalue weighted by atomic mass is 19.1. The van der Waals surface area contributed by atoms with E-state index in [9.17, 15) is 9.50 Å². The van der Waals surface area contributed by atoms with Gasteiger partial charge >= 0.3 is 0 Å². The molecular formula is C13H16FNO2. The molecule has 92 valence electrons. The smallest absolute Gasteiger partial charge is 0.141 e. The maximum absolute atomic E-state index is 12.8. The van der Waals surface area contributed by atoms with Crippen LogP contribution in [0.3, 0.4) is 0 Å². The molecule has 1 aromatic rings. The van der Waals surface area contributed by atoms with Crippen molar-refractivity contribution in [3.05, 3.63) is 41.7 Å². The second-order valence-electron chi connectivity index (χ2n) is 4.19. The number of aromatic nitrogens is 1. The molecule has 0 saturated carbocycles. The van der Waals surface area contributed by atoms with E-state index in [0.29, 0.717) is 18.7 Å². The zero-order valence-electron chi connectivity index (χ0n) is 9.82. The summed E-state index contributed by atoms with van der Waals surface area (Å²) in [5.41, 5.74) is 0.136. The third-order valence-corrected chi connectivity index (χ3v) is 3.13. The van der Waals surface area contributed by atoms with Gasteiger partial charge in [0.15, 0.2) is 0 Å². The first-order valence-electron chi connectivity index (χ1n) is 5.82. The van der Waals surface area contributed by atoms with Crippen LogP contribution in [0.2, 0.25) is 0 Å². The highest BCUT2D eigenvalue weighted by Crippen LogP contribution is 2.35. The van der Waals surface area contributed by atoms with Crippen LogP contribution in [0.1, 0.15) is 31.9 Å². The molecule has 1 aliphatic rings. The fourth-order valence-electron chi connectivity index (χ4n) is 2.06. The highest BCUT2D eigenvalue weighted by Gasteiger charge is 2.34. The first kappa shape index (κ1) is 12.0. The maximum atomic E-state index is 12.8. The fourth-order valence-corrected chi connectivity index (χ4v) is 2.06. The Hall–Kier alpha value is -1.42. The topological polar surface area (TPSA) is 42.4 Å². The number of nitrogens with zero attached hydrogens (tertiary/aromatic N) is 1. The minimum Gasteiger partial charge on any atom is -0.501 e. The lowest BCUT2D eigenvalue weighted by molar-refractivity contribution is 0.0516. The Labute approximate surface area is 99.9 Å². The van der Waals surface area contributed by atoms with E-state index in [2.05, 4.69) is 4.98 Å². The van der Waals surface area contributed by atoms with Crippen molar-refractivity contribution in [2.24, 2.45) is 0 Å². The number of hydrogen-bond donors (Lipinski definition) is 1. The van der Waals surface area contributed by atoms with Gasteiger partial charge in [0.05, 0.1) is 24.8 Å². The van der Waals surface area contributed by atoms with E-state index in [0.717, 1.165) is 24.6 Å². The van der Waals surface area contributed by atoms with Gasteiger partial charge in [0.2, 0.25) is 0 Å². The lowest BCUT2D eigenvalue weighted by atomic mass is 9.84. The van der Waals surface area contributed by atoms with Crippen LogP contribution in [0.4, 0.5) is 4.39 Å². The molecule has 0 saturated heterocycles. The highest BCUT2D eigenvalue weighted by molar-refractivity contribution is 5.27. The van der Waals surface area contributed by atoms with Crippen molar-refractivity contribution < 1.29 is 14.2 Å². The van der Waals surface area contributed by atoms with Gasteiger partial charge in [-0.1, -0.05) is 6.92 Å². The Morgan fingerprint density at radius 3 is 2.88 bits per heavy atom. The van der Waals surface area contributed by atoms with Gasteiger partial charge < -0.3 is 9.84 Å². The fraction of sp³-hybridized carbons (Fsp3) is 0.462. The standard InChI is InChI=1S/C13H16FNO2/c1-2-13(16,10-4-3-7-17-9-10)12-6-5-11(14)8-15-12/h5-6,8-9,16H,2-4,7H2,1H3. The summed E-state index contributed by atoms with van der Waals surface area (Å²) in [6.07, 6.45) is 4.89. The third-order valence-electron chi connectivity index (χ3n) is 3.13. The second-order valence-corrected chi connectivity index (χ2v) is 4.19. The Bertz CT molecular complexity index is 416. The van der Waals surface area contributed by atoms with Crippen molar-refractivity contribution in [2.45, 2.75) is 31.8 Å². The molecule has 2 rings (SSSR count). The molecule has 1 aromatic heterocycles. The first-order chi connectivity index (χ1) is 8.16. The Morgan fingerprint density at radius 1 is 1.53 bits per heavy atom. The SMILES string of the molecule is CCC(O)(C1=COCCC1)c1ccc(F)cn1. The second kappa shape index (κ2) is 4.84. The molecule has 1 atom stereocenters. The van der Waals surface area contributed by atoms with Gasteiger partial charge in [0.25, 0.3) is 0 Å². The van der Waals surface area contributed by atoms with E-state index in [1.165, 1.54) is 12.1 Å². The summed E-state index contributed by atoms with van der Waals surface area (Å²) in [6, 6.07) is 2.83. The minimum absolute atomic E-state index is 0.402. The molecule has 0 amide bonds. The molecule has 4 heteroatoms. The maximum Gasteiger partial charge on any atom is 0.141 e. The molecule has 0 bridgehead atoms. The average Bonchev–Trinajstić information content (AvgIpc) is 2.40. The summed E-state index contributed by atoms with van der Waals surface area (Å²) < 4.78 is 18.1. The lowest BCUT2D eigenvalue weighted by Crippen LogP contribution is -2.30. The average molecular weight is 237 g/mol. The Morgan fingerprint density at radius 2 is 2.35 bits per heavy atom. The van der Waals surface area contributed by atoms with Gasteiger partial charge in [-0.15, -0.1) is 0 Å². The van der Waals surface area contributed by atoms with Crippen LogP contribution in [-0.2, 0) is 10.3 Å². The largest absolute Gasteiger partial charge is 0.501 e. The molecule has 0 radical (unpaired) electrons. The van der Waals surface area contributed by atoms with E-state index < -0.39 is 11.4 Å². The van der Waals surface area contributed by atoms with Gasteiger partial charge in [-0.25, -0.2) is 4.39 Å². The summed E-state index contributed by atoms with van der Waals surface area (Å²) in [7, 11) is 0. The first-order valence-corrected chi connectivity index (χ1v) is 5.82. The zero-order chi connectivity index (χ0) is 12.3. The van der Waals surface area contributed by atoms with E-state index in [1.54, 1.807) is 6.26 Å². The molecule has 3 nitrogen and oxygen atoms in total. The molecular weight excluding hydrogens is 221 g/mol. The number of ether oxygens (including phenoxy) is 1. The van der Waals surface area contributed by atoms with Crippen LogP contribution in [0.5, 0.6) is 0 Å². The van der Waals surface area contributed by atoms with Crippen LogP contribution in [0, 0.1) is 5.82 Å². The monoisotopic (exact) mass is 237 g/mol. The predicted octanol–water partition coefficient (Wildman–Crippen LogP) is 2.51. The normalized spacial score (nSPS) is 19.1. The predicted molar refractivity (Wildman–Crippen MR) is 61.7 cm³/mol. The van der Waals surface area contributed by atoms with E-state index in [1.807, 2.05) is 6.92 Å². The molecule has 0 fully saturated rings. The Balaban J connectivity index is 2.36. The molecule has 1 aliphatic heterocycles. The van der Waals surface area contributed by atoms with Gasteiger partial charge in [-0.2, -0.15) is 0 Å². The zero-order valence-corrected chi connectivity index (χ0v) is 9.82. The van der Waals surface area contributed by atoms with Gasteiger partial charge in [0.1, 0.15) is 11.4 Å². The summed E-state index contributed by atoms with van der Waals surface area (Å²) >= 11 is 0. The van der Waals surface area contributed by atoms with Crippen LogP contribution < -0.4 is 0 Å². The van der Waals surface area contributed by atoms with E-state index in [-0.39, 0.29) is 0 Å². The van der Waals surface area contributed by atoms with E-state index >= 15 is 0 Å². The van der Waals surface area contributed by atoms with Crippen molar-refractivity contribution in [3.8, 4) is 0 Å². The molecule has 1 unspecified atom stereocenters. The number of pyridine rings is 1. The van der Waals surface area contributed by atoms with Crippen molar-refractivity contribution >= 4 is 0 Å². The van der Waals surface area contributed by atoms with Crippen molar-refractivity contribution in [1.29, 1.82) is 0 Å². The Kier molecular flexibility index (Phi) is 3.43. The quantitative estimate of drug-likeness (QED) is 0.878. The van der Waals surface area contributed by atoms with Crippen molar-refractivity contribution in [1.82, 2.24) is 4.98 Å². The molecule has 2 heterocycles. The summed E-state index contributed by atoms with van der Waals surface area (Å²) in [6.45, 7) is 2.56. The third kappa shape index (κ3) is 2.31.